The van der Waals surface area contributed by atoms with Gasteiger partial charge in [0.1, 0.15) is 11.5 Å². The van der Waals surface area contributed by atoms with E-state index in [1.165, 1.54) is 12.1 Å². The predicted octanol–water partition coefficient (Wildman–Crippen LogP) is 6.22. The average molecular weight is 413 g/mol. The van der Waals surface area contributed by atoms with Gasteiger partial charge < -0.3 is 5.32 Å². The van der Waals surface area contributed by atoms with Crippen LogP contribution in [0, 0.1) is 5.82 Å². The van der Waals surface area contributed by atoms with Crippen molar-refractivity contribution in [2.45, 2.75) is 6.04 Å². The standard InChI is InChI=1S/C22H15Cl2FN2O/c23-15-4-8-18(9-5-15)26-20-13-21(14-2-1-3-17(25)12-14)27(22(20)28)19-10-6-16(24)7-11-19/h1-13,21,26H/t21-/m0/s1. The van der Waals surface area contributed by atoms with Crippen LogP contribution in [-0.2, 0) is 4.79 Å². The number of rotatable bonds is 4. The third-order valence-electron chi connectivity index (χ3n) is 4.47. The third kappa shape index (κ3) is 3.75. The molecular formula is C22H15Cl2FN2O. The van der Waals surface area contributed by atoms with Crippen LogP contribution in [0.3, 0.4) is 0 Å². The molecule has 1 aliphatic heterocycles. The summed E-state index contributed by atoms with van der Waals surface area (Å²) in [6.45, 7) is 0. The maximum absolute atomic E-state index is 13.8. The number of nitrogens with zero attached hydrogens (tertiary/aromatic N) is 1. The summed E-state index contributed by atoms with van der Waals surface area (Å²) in [5.74, 6) is -0.569. The van der Waals surface area contributed by atoms with Gasteiger partial charge in [-0.05, 0) is 72.3 Å². The molecule has 0 saturated heterocycles. The Morgan fingerprint density at radius 3 is 2.18 bits per heavy atom. The second-order valence-corrected chi connectivity index (χ2v) is 7.24. The van der Waals surface area contributed by atoms with Crippen molar-refractivity contribution in [3.8, 4) is 0 Å². The number of amides is 1. The first-order valence-electron chi connectivity index (χ1n) is 8.60. The Hall–Kier alpha value is -2.82. The third-order valence-corrected chi connectivity index (χ3v) is 4.97. The molecule has 0 saturated carbocycles. The van der Waals surface area contributed by atoms with Gasteiger partial charge in [-0.25, -0.2) is 4.39 Å². The molecule has 140 valence electrons. The number of carbonyl (C=O) groups excluding carboxylic acids is 1. The van der Waals surface area contributed by atoms with Gasteiger partial charge in [0.25, 0.3) is 5.91 Å². The van der Waals surface area contributed by atoms with Crippen LogP contribution < -0.4 is 10.2 Å². The van der Waals surface area contributed by atoms with Crippen molar-refractivity contribution in [2.24, 2.45) is 0 Å². The topological polar surface area (TPSA) is 32.3 Å². The molecule has 3 nitrogen and oxygen atoms in total. The molecule has 6 heteroatoms. The van der Waals surface area contributed by atoms with Crippen molar-refractivity contribution in [2.75, 3.05) is 10.2 Å². The molecule has 0 aliphatic carbocycles. The lowest BCUT2D eigenvalue weighted by Gasteiger charge is -2.25. The number of anilines is 2. The fraction of sp³-hybridized carbons (Fsp3) is 0.0455. The molecule has 0 fully saturated rings. The molecule has 1 amide bonds. The Balaban J connectivity index is 1.73. The molecule has 0 unspecified atom stereocenters. The van der Waals surface area contributed by atoms with Crippen LogP contribution in [-0.4, -0.2) is 5.91 Å². The molecule has 3 aromatic carbocycles. The minimum absolute atomic E-state index is 0.216. The van der Waals surface area contributed by atoms with Crippen LogP contribution in [0.25, 0.3) is 0 Å². The molecule has 0 bridgehead atoms. The number of carbonyl (C=O) groups is 1. The van der Waals surface area contributed by atoms with Gasteiger partial charge in [0.2, 0.25) is 0 Å². The number of hydrogen-bond acceptors (Lipinski definition) is 2. The van der Waals surface area contributed by atoms with E-state index in [9.17, 15) is 9.18 Å². The van der Waals surface area contributed by atoms with Crippen molar-refractivity contribution in [3.63, 3.8) is 0 Å². The molecule has 1 aliphatic rings. The molecule has 1 N–H and O–H groups in total. The van der Waals surface area contributed by atoms with Crippen molar-refractivity contribution < 1.29 is 9.18 Å². The zero-order valence-electron chi connectivity index (χ0n) is 14.6. The normalized spacial score (nSPS) is 16.2. The van der Waals surface area contributed by atoms with Crippen LogP contribution in [0.1, 0.15) is 11.6 Å². The van der Waals surface area contributed by atoms with Gasteiger partial charge >= 0.3 is 0 Å². The zero-order chi connectivity index (χ0) is 19.7. The van der Waals surface area contributed by atoms with Crippen LogP contribution in [0.4, 0.5) is 15.8 Å². The number of benzene rings is 3. The highest BCUT2D eigenvalue weighted by molar-refractivity contribution is 6.31. The molecular weight excluding hydrogens is 398 g/mol. The summed E-state index contributed by atoms with van der Waals surface area (Å²) in [6.07, 6.45) is 1.79. The highest BCUT2D eigenvalue weighted by Crippen LogP contribution is 2.36. The summed E-state index contributed by atoms with van der Waals surface area (Å²) in [7, 11) is 0. The first kappa shape index (κ1) is 18.5. The smallest absolute Gasteiger partial charge is 0.275 e. The van der Waals surface area contributed by atoms with E-state index in [4.69, 9.17) is 23.2 Å². The average Bonchev–Trinajstić information content (AvgIpc) is 3.01. The number of nitrogens with one attached hydrogen (secondary N) is 1. The SMILES string of the molecule is O=C1C(Nc2ccc(Cl)cc2)=C[C@@H](c2cccc(F)c2)N1c1ccc(Cl)cc1. The molecule has 4 rings (SSSR count). The van der Waals surface area contributed by atoms with Gasteiger partial charge in [0.15, 0.2) is 0 Å². The van der Waals surface area contributed by atoms with Gasteiger partial charge in [-0.15, -0.1) is 0 Å². The quantitative estimate of drug-likeness (QED) is 0.551. The van der Waals surface area contributed by atoms with Crippen LogP contribution in [0.5, 0.6) is 0 Å². The Kier molecular flexibility index (Phi) is 5.07. The summed E-state index contributed by atoms with van der Waals surface area (Å²) in [5, 5.41) is 4.32. The maximum Gasteiger partial charge on any atom is 0.275 e. The predicted molar refractivity (Wildman–Crippen MR) is 111 cm³/mol. The monoisotopic (exact) mass is 412 g/mol. The Morgan fingerprint density at radius 2 is 1.54 bits per heavy atom. The molecule has 0 aromatic heterocycles. The largest absolute Gasteiger partial charge is 0.351 e. The first-order chi connectivity index (χ1) is 13.5. The second-order valence-electron chi connectivity index (χ2n) is 6.36. The van der Waals surface area contributed by atoms with E-state index in [2.05, 4.69) is 5.32 Å². The van der Waals surface area contributed by atoms with Crippen LogP contribution in [0.2, 0.25) is 10.0 Å². The van der Waals surface area contributed by atoms with Crippen LogP contribution in [0.15, 0.2) is 84.6 Å². The lowest BCUT2D eigenvalue weighted by molar-refractivity contribution is -0.114. The summed E-state index contributed by atoms with van der Waals surface area (Å²) < 4.78 is 13.8. The highest BCUT2D eigenvalue weighted by Gasteiger charge is 2.34. The van der Waals surface area contributed by atoms with Crippen LogP contribution >= 0.6 is 23.2 Å². The van der Waals surface area contributed by atoms with E-state index < -0.39 is 6.04 Å². The summed E-state index contributed by atoms with van der Waals surface area (Å²) in [4.78, 5) is 14.8. The lowest BCUT2D eigenvalue weighted by Crippen LogP contribution is -2.30. The molecule has 0 radical (unpaired) electrons. The van der Waals surface area contributed by atoms with Gasteiger partial charge in [-0.2, -0.15) is 0 Å². The summed E-state index contributed by atoms with van der Waals surface area (Å²) in [6, 6.07) is 19.8. The fourth-order valence-corrected chi connectivity index (χ4v) is 3.41. The van der Waals surface area contributed by atoms with E-state index in [0.29, 0.717) is 27.0 Å². The molecule has 28 heavy (non-hydrogen) atoms. The van der Waals surface area contributed by atoms with Gasteiger partial charge in [0, 0.05) is 21.4 Å². The number of halogens is 3. The molecule has 3 aromatic rings. The van der Waals surface area contributed by atoms with Gasteiger partial charge in [-0.1, -0.05) is 35.3 Å². The van der Waals surface area contributed by atoms with Crippen molar-refractivity contribution in [3.05, 3.63) is 106 Å². The van der Waals surface area contributed by atoms with Crippen molar-refractivity contribution in [1.82, 2.24) is 0 Å². The Labute approximate surface area is 172 Å². The Morgan fingerprint density at radius 1 is 0.893 bits per heavy atom. The second kappa shape index (κ2) is 7.66. The van der Waals surface area contributed by atoms with Crippen molar-refractivity contribution in [1.29, 1.82) is 0 Å². The fourth-order valence-electron chi connectivity index (χ4n) is 3.16. The van der Waals surface area contributed by atoms with Crippen molar-refractivity contribution >= 4 is 40.5 Å². The highest BCUT2D eigenvalue weighted by atomic mass is 35.5. The summed E-state index contributed by atoms with van der Waals surface area (Å²) >= 11 is 11.9. The maximum atomic E-state index is 13.8. The first-order valence-corrected chi connectivity index (χ1v) is 9.36. The minimum Gasteiger partial charge on any atom is -0.351 e. The molecule has 0 spiro atoms. The van der Waals surface area contributed by atoms with E-state index in [1.54, 1.807) is 71.6 Å². The molecule has 1 atom stereocenters. The lowest BCUT2D eigenvalue weighted by atomic mass is 10.1. The number of hydrogen-bond donors (Lipinski definition) is 1. The van der Waals surface area contributed by atoms with E-state index in [-0.39, 0.29) is 11.7 Å². The van der Waals surface area contributed by atoms with E-state index >= 15 is 0 Å². The van der Waals surface area contributed by atoms with E-state index in [1.807, 2.05) is 0 Å². The minimum atomic E-state index is -0.445. The van der Waals surface area contributed by atoms with E-state index in [0.717, 1.165) is 5.69 Å². The summed E-state index contributed by atoms with van der Waals surface area (Å²) in [5.41, 5.74) is 2.50. The van der Waals surface area contributed by atoms with Gasteiger partial charge in [-0.3, -0.25) is 9.69 Å². The Bertz CT molecular complexity index is 1050. The molecule has 1 heterocycles. The zero-order valence-corrected chi connectivity index (χ0v) is 16.1. The van der Waals surface area contributed by atoms with Gasteiger partial charge in [0.05, 0.1) is 6.04 Å².